The minimum Gasteiger partial charge on any atom is -0.444 e. The van der Waals surface area contributed by atoms with Crippen molar-refractivity contribution in [1.82, 2.24) is 4.98 Å². The summed E-state index contributed by atoms with van der Waals surface area (Å²) in [6, 6.07) is 13.4. The van der Waals surface area contributed by atoms with E-state index in [2.05, 4.69) is 31.5 Å². The van der Waals surface area contributed by atoms with E-state index >= 15 is 0 Å². The van der Waals surface area contributed by atoms with E-state index in [0.29, 0.717) is 21.7 Å². The van der Waals surface area contributed by atoms with Gasteiger partial charge in [0.2, 0.25) is 0 Å². The van der Waals surface area contributed by atoms with Crippen molar-refractivity contribution in [2.75, 3.05) is 10.6 Å². The van der Waals surface area contributed by atoms with Crippen LogP contribution in [0.2, 0.25) is 0 Å². The van der Waals surface area contributed by atoms with Gasteiger partial charge in [-0.05, 0) is 64.8 Å². The summed E-state index contributed by atoms with van der Waals surface area (Å²) >= 11 is 3.15. The third-order valence-electron chi connectivity index (χ3n) is 3.33. The predicted molar refractivity (Wildman–Crippen MR) is 97.7 cm³/mol. The number of anilines is 2. The molecule has 0 radical (unpaired) electrons. The lowest BCUT2D eigenvalue weighted by molar-refractivity contribution is 0.0992. The van der Waals surface area contributed by atoms with Gasteiger partial charge < -0.3 is 15.1 Å². The summed E-state index contributed by atoms with van der Waals surface area (Å²) in [5.74, 6) is -0.0762. The van der Waals surface area contributed by atoms with Crippen LogP contribution in [0.1, 0.15) is 26.5 Å². The molecule has 25 heavy (non-hydrogen) atoms. The number of benzene rings is 1. The molecule has 0 atom stereocenters. The van der Waals surface area contributed by atoms with Crippen LogP contribution in [0.5, 0.6) is 0 Å². The molecule has 0 aliphatic rings. The summed E-state index contributed by atoms with van der Waals surface area (Å²) in [6.07, 6.45) is 1.67. The van der Waals surface area contributed by atoms with Gasteiger partial charge in [0.1, 0.15) is 5.82 Å². The normalized spacial score (nSPS) is 10.3. The first-order chi connectivity index (χ1) is 12.0. The highest BCUT2D eigenvalue weighted by Gasteiger charge is 2.12. The zero-order valence-corrected chi connectivity index (χ0v) is 14.8. The summed E-state index contributed by atoms with van der Waals surface area (Å²) in [5, 5.41) is 5.40. The molecule has 0 bridgehead atoms. The molecule has 0 aliphatic carbocycles. The molecule has 0 saturated heterocycles. The number of furan rings is 1. The molecule has 2 aromatic heterocycles. The number of hydrogen-bond acceptors (Lipinski definition) is 4. The first kappa shape index (κ1) is 16.9. The van der Waals surface area contributed by atoms with Gasteiger partial charge in [-0.3, -0.25) is 9.59 Å². The van der Waals surface area contributed by atoms with Gasteiger partial charge in [-0.25, -0.2) is 4.98 Å². The van der Waals surface area contributed by atoms with Gasteiger partial charge >= 0.3 is 0 Å². The molecule has 3 rings (SSSR count). The number of carbonyl (C=O) groups excluding carboxylic acids is 2. The quantitative estimate of drug-likeness (QED) is 0.686. The molecule has 2 N–H and O–H groups in total. The Labute approximate surface area is 152 Å². The number of nitrogens with zero attached hydrogens (tertiary/aromatic N) is 1. The van der Waals surface area contributed by atoms with E-state index in [1.54, 1.807) is 48.7 Å². The van der Waals surface area contributed by atoms with Crippen molar-refractivity contribution >= 4 is 39.2 Å². The summed E-state index contributed by atoms with van der Waals surface area (Å²) in [6.45, 7) is 1.92. The van der Waals surface area contributed by atoms with Gasteiger partial charge in [0, 0.05) is 17.4 Å². The van der Waals surface area contributed by atoms with Gasteiger partial charge in [-0.15, -0.1) is 0 Å². The molecular formula is C18H14BrN3O3. The first-order valence-electron chi connectivity index (χ1n) is 7.42. The van der Waals surface area contributed by atoms with Crippen LogP contribution in [0.3, 0.4) is 0 Å². The number of hydrogen-bond donors (Lipinski definition) is 2. The number of aryl methyl sites for hydroxylation is 1. The second-order valence-corrected chi connectivity index (χ2v) is 6.10. The molecule has 0 saturated carbocycles. The van der Waals surface area contributed by atoms with Gasteiger partial charge in [-0.1, -0.05) is 12.1 Å². The molecule has 2 amide bonds. The van der Waals surface area contributed by atoms with Crippen molar-refractivity contribution < 1.29 is 14.0 Å². The van der Waals surface area contributed by atoms with Crippen LogP contribution in [0.4, 0.5) is 11.5 Å². The molecular weight excluding hydrogens is 386 g/mol. The van der Waals surface area contributed by atoms with Gasteiger partial charge in [0.05, 0.1) is 0 Å². The monoisotopic (exact) mass is 399 g/mol. The Morgan fingerprint density at radius 3 is 2.56 bits per heavy atom. The number of rotatable bonds is 4. The molecule has 2 heterocycles. The average Bonchev–Trinajstić information content (AvgIpc) is 3.04. The van der Waals surface area contributed by atoms with E-state index in [9.17, 15) is 9.59 Å². The highest BCUT2D eigenvalue weighted by molar-refractivity contribution is 9.10. The molecule has 0 unspecified atom stereocenters. The van der Waals surface area contributed by atoms with E-state index in [-0.39, 0.29) is 11.7 Å². The summed E-state index contributed by atoms with van der Waals surface area (Å²) in [5.41, 5.74) is 1.90. The minimum atomic E-state index is -0.400. The van der Waals surface area contributed by atoms with Crippen LogP contribution in [0, 0.1) is 6.92 Å². The van der Waals surface area contributed by atoms with Crippen molar-refractivity contribution in [3.8, 4) is 0 Å². The fourth-order valence-corrected chi connectivity index (χ4v) is 2.40. The Kier molecular flexibility index (Phi) is 4.95. The van der Waals surface area contributed by atoms with Gasteiger partial charge in [0.25, 0.3) is 11.8 Å². The van der Waals surface area contributed by atoms with Crippen LogP contribution in [-0.4, -0.2) is 16.8 Å². The smallest absolute Gasteiger partial charge is 0.291 e. The SMILES string of the molecule is Cc1ccc(NC(=O)c2cccc(NC(=O)c3ccc(Br)o3)c2)nc1. The number of amides is 2. The lowest BCUT2D eigenvalue weighted by atomic mass is 10.2. The highest BCUT2D eigenvalue weighted by atomic mass is 79.9. The summed E-state index contributed by atoms with van der Waals surface area (Å²) < 4.78 is 5.67. The zero-order valence-electron chi connectivity index (χ0n) is 13.2. The number of halogens is 1. The highest BCUT2D eigenvalue weighted by Crippen LogP contribution is 2.17. The second-order valence-electron chi connectivity index (χ2n) is 5.31. The standard InChI is InChI=1S/C18H14BrN3O3/c1-11-5-8-16(20-10-11)22-17(23)12-3-2-4-13(9-12)21-18(24)14-6-7-15(19)25-14/h2-10H,1H3,(H,21,24)(H,20,22,23). The maximum Gasteiger partial charge on any atom is 0.291 e. The Hall–Kier alpha value is -2.93. The Morgan fingerprint density at radius 1 is 1.04 bits per heavy atom. The second kappa shape index (κ2) is 7.31. The van der Waals surface area contributed by atoms with Crippen LogP contribution in [0.15, 0.2) is 63.8 Å². The fourth-order valence-electron chi connectivity index (χ4n) is 2.10. The number of pyridine rings is 1. The molecule has 0 fully saturated rings. The van der Waals surface area contributed by atoms with E-state index in [1.165, 1.54) is 0 Å². The number of aromatic nitrogens is 1. The van der Waals surface area contributed by atoms with E-state index in [1.807, 2.05) is 13.0 Å². The maximum atomic E-state index is 12.3. The molecule has 3 aromatic rings. The molecule has 1 aromatic carbocycles. The molecule has 6 nitrogen and oxygen atoms in total. The summed E-state index contributed by atoms with van der Waals surface area (Å²) in [4.78, 5) is 28.6. The Balaban J connectivity index is 1.71. The third-order valence-corrected chi connectivity index (χ3v) is 3.76. The molecule has 0 spiro atoms. The van der Waals surface area contributed by atoms with Crippen molar-refractivity contribution in [3.63, 3.8) is 0 Å². The molecule has 126 valence electrons. The van der Waals surface area contributed by atoms with Crippen LogP contribution in [-0.2, 0) is 0 Å². The topological polar surface area (TPSA) is 84.2 Å². The minimum absolute atomic E-state index is 0.172. The van der Waals surface area contributed by atoms with Crippen molar-refractivity contribution in [3.05, 3.63) is 76.3 Å². The van der Waals surface area contributed by atoms with Crippen molar-refractivity contribution in [2.24, 2.45) is 0 Å². The summed E-state index contributed by atoms with van der Waals surface area (Å²) in [7, 11) is 0. The van der Waals surface area contributed by atoms with Crippen LogP contribution in [0.25, 0.3) is 0 Å². The Bertz CT molecular complexity index is 919. The van der Waals surface area contributed by atoms with Crippen molar-refractivity contribution in [2.45, 2.75) is 6.92 Å². The lowest BCUT2D eigenvalue weighted by Gasteiger charge is -2.07. The lowest BCUT2D eigenvalue weighted by Crippen LogP contribution is -2.14. The predicted octanol–water partition coefficient (Wildman–Crippen LogP) is 4.25. The Morgan fingerprint density at radius 2 is 1.88 bits per heavy atom. The number of carbonyl (C=O) groups is 2. The first-order valence-corrected chi connectivity index (χ1v) is 8.21. The van der Waals surface area contributed by atoms with E-state index < -0.39 is 5.91 Å². The van der Waals surface area contributed by atoms with E-state index in [4.69, 9.17) is 4.42 Å². The fraction of sp³-hybridized carbons (Fsp3) is 0.0556. The third kappa shape index (κ3) is 4.33. The van der Waals surface area contributed by atoms with Gasteiger partial charge in [0.15, 0.2) is 10.4 Å². The average molecular weight is 400 g/mol. The van der Waals surface area contributed by atoms with Crippen molar-refractivity contribution in [1.29, 1.82) is 0 Å². The maximum absolute atomic E-state index is 12.3. The zero-order chi connectivity index (χ0) is 17.8. The molecule has 7 heteroatoms. The largest absolute Gasteiger partial charge is 0.444 e. The van der Waals surface area contributed by atoms with E-state index in [0.717, 1.165) is 5.56 Å². The molecule has 0 aliphatic heterocycles. The van der Waals surface area contributed by atoms with Gasteiger partial charge in [-0.2, -0.15) is 0 Å². The number of nitrogens with one attached hydrogen (secondary N) is 2. The van der Waals surface area contributed by atoms with Crippen LogP contribution >= 0.6 is 15.9 Å². The van der Waals surface area contributed by atoms with Crippen LogP contribution < -0.4 is 10.6 Å².